The van der Waals surface area contributed by atoms with Crippen molar-refractivity contribution in [3.05, 3.63) is 54.1 Å². The molecule has 1 amide bonds. The van der Waals surface area contributed by atoms with Gasteiger partial charge in [0.15, 0.2) is 11.5 Å². The summed E-state index contributed by atoms with van der Waals surface area (Å²) in [5.74, 6) is 2.07. The molecule has 0 radical (unpaired) electrons. The molecule has 4 nitrogen and oxygen atoms in total. The van der Waals surface area contributed by atoms with Crippen LogP contribution in [-0.2, 0) is 4.79 Å². The summed E-state index contributed by atoms with van der Waals surface area (Å²) in [5, 5.41) is 0. The van der Waals surface area contributed by atoms with E-state index < -0.39 is 0 Å². The van der Waals surface area contributed by atoms with Crippen LogP contribution in [0.15, 0.2) is 53.4 Å². The van der Waals surface area contributed by atoms with E-state index in [-0.39, 0.29) is 11.9 Å². The topological polar surface area (TPSA) is 38.8 Å². The first-order chi connectivity index (χ1) is 12.2. The smallest absolute Gasteiger partial charge is 0.233 e. The van der Waals surface area contributed by atoms with Crippen molar-refractivity contribution in [2.45, 2.75) is 23.8 Å². The van der Waals surface area contributed by atoms with E-state index in [1.807, 2.05) is 53.4 Å². The minimum absolute atomic E-state index is 0.115. The summed E-state index contributed by atoms with van der Waals surface area (Å²) in [7, 11) is 3.26. The molecular weight excluding hydrogens is 334 g/mol. The molecule has 0 aromatic heterocycles. The van der Waals surface area contributed by atoms with Gasteiger partial charge in [0.05, 0.1) is 26.0 Å². The van der Waals surface area contributed by atoms with Gasteiger partial charge in [-0.15, -0.1) is 11.8 Å². The molecule has 25 heavy (non-hydrogen) atoms. The van der Waals surface area contributed by atoms with Gasteiger partial charge in [0.2, 0.25) is 5.91 Å². The summed E-state index contributed by atoms with van der Waals surface area (Å²) in [6.07, 6.45) is 2.01. The summed E-state index contributed by atoms with van der Waals surface area (Å²) >= 11 is 1.59. The Kier molecular flexibility index (Phi) is 5.87. The zero-order chi connectivity index (χ0) is 17.6. The van der Waals surface area contributed by atoms with Gasteiger partial charge in [0.25, 0.3) is 0 Å². The van der Waals surface area contributed by atoms with Crippen LogP contribution in [0, 0.1) is 0 Å². The second-order valence-electron chi connectivity index (χ2n) is 5.96. The Hall–Kier alpha value is -2.14. The Morgan fingerprint density at radius 3 is 2.60 bits per heavy atom. The number of amides is 1. The average molecular weight is 357 g/mol. The van der Waals surface area contributed by atoms with Crippen LogP contribution in [0.25, 0.3) is 0 Å². The number of rotatable bonds is 6. The zero-order valence-electron chi connectivity index (χ0n) is 14.6. The number of ether oxygens (including phenoxy) is 2. The lowest BCUT2D eigenvalue weighted by molar-refractivity contribution is -0.129. The normalized spacial score (nSPS) is 16.7. The molecule has 1 atom stereocenters. The maximum atomic E-state index is 12.7. The maximum absolute atomic E-state index is 12.7. The van der Waals surface area contributed by atoms with Crippen LogP contribution in [0.1, 0.15) is 24.4 Å². The molecule has 5 heteroatoms. The fourth-order valence-electron chi connectivity index (χ4n) is 3.22. The first-order valence-electron chi connectivity index (χ1n) is 8.42. The fraction of sp³-hybridized carbons (Fsp3) is 0.350. The number of likely N-dealkylation sites (tertiary alicyclic amines) is 1. The number of hydrogen-bond acceptors (Lipinski definition) is 4. The van der Waals surface area contributed by atoms with Crippen LogP contribution < -0.4 is 9.47 Å². The van der Waals surface area contributed by atoms with Crippen molar-refractivity contribution in [1.82, 2.24) is 4.90 Å². The summed E-state index contributed by atoms with van der Waals surface area (Å²) < 4.78 is 10.7. The Balaban J connectivity index is 1.70. The highest BCUT2D eigenvalue weighted by Crippen LogP contribution is 2.37. The van der Waals surface area contributed by atoms with Crippen molar-refractivity contribution in [1.29, 1.82) is 0 Å². The summed E-state index contributed by atoms with van der Waals surface area (Å²) in [6, 6.07) is 16.1. The van der Waals surface area contributed by atoms with E-state index in [0.717, 1.165) is 29.8 Å². The molecule has 0 saturated carbocycles. The first-order valence-corrected chi connectivity index (χ1v) is 9.40. The summed E-state index contributed by atoms with van der Waals surface area (Å²) in [5.41, 5.74) is 1.10. The van der Waals surface area contributed by atoms with E-state index in [1.54, 1.807) is 26.0 Å². The molecule has 0 spiro atoms. The Labute approximate surface area is 153 Å². The molecule has 1 unspecified atom stereocenters. The quantitative estimate of drug-likeness (QED) is 0.728. The molecule has 3 rings (SSSR count). The molecule has 1 aliphatic heterocycles. The minimum atomic E-state index is 0.115. The minimum Gasteiger partial charge on any atom is -0.493 e. The van der Waals surface area contributed by atoms with Crippen LogP contribution in [0.4, 0.5) is 0 Å². The van der Waals surface area contributed by atoms with Gasteiger partial charge in [-0.1, -0.05) is 24.3 Å². The van der Waals surface area contributed by atoms with Crippen LogP contribution in [0.5, 0.6) is 11.5 Å². The molecule has 1 saturated heterocycles. The van der Waals surface area contributed by atoms with Gasteiger partial charge in [-0.3, -0.25) is 4.79 Å². The number of methoxy groups -OCH3 is 2. The molecule has 132 valence electrons. The Morgan fingerprint density at radius 1 is 1.12 bits per heavy atom. The molecule has 0 bridgehead atoms. The van der Waals surface area contributed by atoms with E-state index in [2.05, 4.69) is 0 Å². The van der Waals surface area contributed by atoms with E-state index in [4.69, 9.17) is 9.47 Å². The number of carbonyl (C=O) groups is 1. The molecular formula is C20H23NO3S. The first kappa shape index (κ1) is 17.7. The zero-order valence-corrected chi connectivity index (χ0v) is 15.4. The van der Waals surface area contributed by atoms with Crippen LogP contribution in [-0.4, -0.2) is 37.3 Å². The third-order valence-electron chi connectivity index (χ3n) is 4.47. The molecule has 1 heterocycles. The number of hydrogen-bond donors (Lipinski definition) is 0. The molecule has 1 fully saturated rings. The molecule has 1 aliphatic rings. The van der Waals surface area contributed by atoms with Crippen molar-refractivity contribution < 1.29 is 14.3 Å². The largest absolute Gasteiger partial charge is 0.493 e. The van der Waals surface area contributed by atoms with Gasteiger partial charge in [-0.25, -0.2) is 0 Å². The van der Waals surface area contributed by atoms with Crippen molar-refractivity contribution >= 4 is 17.7 Å². The predicted molar refractivity (Wildman–Crippen MR) is 100 cm³/mol. The van der Waals surface area contributed by atoms with Crippen molar-refractivity contribution in [3.63, 3.8) is 0 Å². The molecule has 2 aromatic carbocycles. The van der Waals surface area contributed by atoms with E-state index in [0.29, 0.717) is 17.3 Å². The molecule has 2 aromatic rings. The number of thioether (sulfide) groups is 1. The molecule has 0 aliphatic carbocycles. The highest BCUT2D eigenvalue weighted by Gasteiger charge is 2.30. The third kappa shape index (κ3) is 4.10. The fourth-order valence-corrected chi connectivity index (χ4v) is 4.02. The van der Waals surface area contributed by atoms with Crippen molar-refractivity contribution in [3.8, 4) is 11.5 Å². The number of nitrogens with zero attached hydrogens (tertiary/aromatic N) is 1. The molecule has 0 N–H and O–H groups in total. The summed E-state index contributed by atoms with van der Waals surface area (Å²) in [6.45, 7) is 0.813. The lowest BCUT2D eigenvalue weighted by atomic mass is 10.0. The van der Waals surface area contributed by atoms with Gasteiger partial charge < -0.3 is 14.4 Å². The second-order valence-corrected chi connectivity index (χ2v) is 7.01. The van der Waals surface area contributed by atoms with Crippen LogP contribution in [0.2, 0.25) is 0 Å². The lowest BCUT2D eigenvalue weighted by Gasteiger charge is -2.25. The van der Waals surface area contributed by atoms with Gasteiger partial charge in [0.1, 0.15) is 0 Å². The van der Waals surface area contributed by atoms with Crippen LogP contribution in [0.3, 0.4) is 0 Å². The van der Waals surface area contributed by atoms with Crippen molar-refractivity contribution in [2.24, 2.45) is 0 Å². The van der Waals surface area contributed by atoms with Crippen molar-refractivity contribution in [2.75, 3.05) is 26.5 Å². The number of carbonyl (C=O) groups excluding carboxylic acids is 1. The van der Waals surface area contributed by atoms with E-state index >= 15 is 0 Å². The van der Waals surface area contributed by atoms with Gasteiger partial charge in [-0.05, 0) is 42.7 Å². The predicted octanol–water partition coefficient (Wildman–Crippen LogP) is 4.16. The lowest BCUT2D eigenvalue weighted by Crippen LogP contribution is -2.31. The average Bonchev–Trinajstić information content (AvgIpc) is 3.16. The van der Waals surface area contributed by atoms with E-state index in [9.17, 15) is 4.79 Å². The Bertz CT molecular complexity index is 720. The third-order valence-corrected chi connectivity index (χ3v) is 5.47. The number of benzene rings is 2. The SMILES string of the molecule is COc1ccc(C2CCCN2C(=O)CSc2ccccc2)cc1OC. The van der Waals surface area contributed by atoms with Gasteiger partial charge in [-0.2, -0.15) is 0 Å². The highest BCUT2D eigenvalue weighted by atomic mass is 32.2. The monoisotopic (exact) mass is 357 g/mol. The highest BCUT2D eigenvalue weighted by molar-refractivity contribution is 8.00. The van der Waals surface area contributed by atoms with Crippen LogP contribution >= 0.6 is 11.8 Å². The second kappa shape index (κ2) is 8.30. The maximum Gasteiger partial charge on any atom is 0.233 e. The van der Waals surface area contributed by atoms with E-state index in [1.165, 1.54) is 0 Å². The van der Waals surface area contributed by atoms with Gasteiger partial charge >= 0.3 is 0 Å². The van der Waals surface area contributed by atoms with Gasteiger partial charge in [0, 0.05) is 11.4 Å². The standard InChI is InChI=1S/C20H23NO3S/c1-23-18-11-10-15(13-19(18)24-2)17-9-6-12-21(17)20(22)14-25-16-7-4-3-5-8-16/h3-5,7-8,10-11,13,17H,6,9,12,14H2,1-2H3. The summed E-state index contributed by atoms with van der Waals surface area (Å²) in [4.78, 5) is 15.8. The Morgan fingerprint density at radius 2 is 1.88 bits per heavy atom.